The third kappa shape index (κ3) is 2.88. The van der Waals surface area contributed by atoms with E-state index in [9.17, 15) is 9.90 Å². The van der Waals surface area contributed by atoms with Crippen molar-refractivity contribution in [3.63, 3.8) is 0 Å². The van der Waals surface area contributed by atoms with Crippen LogP contribution < -0.4 is 4.74 Å². The van der Waals surface area contributed by atoms with Crippen LogP contribution in [0, 0.1) is 0 Å². The second-order valence-corrected chi connectivity index (χ2v) is 5.27. The van der Waals surface area contributed by atoms with E-state index in [2.05, 4.69) is 0 Å². The van der Waals surface area contributed by atoms with Gasteiger partial charge in [-0.1, -0.05) is 0 Å². The van der Waals surface area contributed by atoms with Crippen molar-refractivity contribution in [3.05, 3.63) is 30.0 Å². The van der Waals surface area contributed by atoms with E-state index >= 15 is 0 Å². The standard InChI is InChI=1S/C16H19NO4/c1-2-20-13-3-4-14-11(9-13)10-15(21-14)16(19)17-7-5-12(18)6-8-17/h3-4,9-10,12,18H,2,5-8H2,1H3. The molecule has 1 saturated heterocycles. The lowest BCUT2D eigenvalue weighted by atomic mass is 10.1. The predicted molar refractivity (Wildman–Crippen MR) is 78.5 cm³/mol. The molecular weight excluding hydrogens is 270 g/mol. The van der Waals surface area contributed by atoms with Crippen LogP contribution in [0.2, 0.25) is 0 Å². The van der Waals surface area contributed by atoms with Gasteiger partial charge in [0.2, 0.25) is 0 Å². The summed E-state index contributed by atoms with van der Waals surface area (Å²) in [4.78, 5) is 14.1. The molecule has 0 unspecified atom stereocenters. The van der Waals surface area contributed by atoms with E-state index < -0.39 is 0 Å². The van der Waals surface area contributed by atoms with Gasteiger partial charge in [0.25, 0.3) is 5.91 Å². The van der Waals surface area contributed by atoms with E-state index in [4.69, 9.17) is 9.15 Å². The Balaban J connectivity index is 1.81. The van der Waals surface area contributed by atoms with Crippen molar-refractivity contribution in [1.82, 2.24) is 4.90 Å². The highest BCUT2D eigenvalue weighted by Gasteiger charge is 2.24. The van der Waals surface area contributed by atoms with Crippen LogP contribution in [0.3, 0.4) is 0 Å². The molecule has 1 N–H and O–H groups in total. The van der Waals surface area contributed by atoms with Crippen molar-refractivity contribution >= 4 is 16.9 Å². The highest BCUT2D eigenvalue weighted by atomic mass is 16.5. The number of aliphatic hydroxyl groups is 1. The molecule has 2 heterocycles. The molecular formula is C16H19NO4. The normalized spacial score (nSPS) is 16.4. The molecule has 1 aliphatic heterocycles. The summed E-state index contributed by atoms with van der Waals surface area (Å²) in [6.45, 7) is 3.67. The Morgan fingerprint density at radius 3 is 2.86 bits per heavy atom. The zero-order valence-corrected chi connectivity index (χ0v) is 12.0. The number of benzene rings is 1. The van der Waals surface area contributed by atoms with E-state index in [1.54, 1.807) is 11.0 Å². The number of furan rings is 1. The van der Waals surface area contributed by atoms with E-state index in [1.807, 2.05) is 25.1 Å². The largest absolute Gasteiger partial charge is 0.494 e. The molecule has 0 atom stereocenters. The van der Waals surface area contributed by atoms with Crippen LogP contribution in [0.1, 0.15) is 30.3 Å². The number of aliphatic hydroxyl groups excluding tert-OH is 1. The first-order valence-electron chi connectivity index (χ1n) is 7.31. The second kappa shape index (κ2) is 5.77. The number of hydrogen-bond donors (Lipinski definition) is 1. The van der Waals surface area contributed by atoms with Gasteiger partial charge in [0.15, 0.2) is 5.76 Å². The van der Waals surface area contributed by atoms with Crippen LogP contribution in [-0.2, 0) is 0 Å². The van der Waals surface area contributed by atoms with Crippen LogP contribution in [0.25, 0.3) is 11.0 Å². The summed E-state index contributed by atoms with van der Waals surface area (Å²) < 4.78 is 11.1. The van der Waals surface area contributed by atoms with Gasteiger partial charge in [-0.3, -0.25) is 4.79 Å². The van der Waals surface area contributed by atoms with Crippen molar-refractivity contribution in [3.8, 4) is 5.75 Å². The van der Waals surface area contributed by atoms with E-state index in [1.165, 1.54) is 0 Å². The average molecular weight is 289 g/mol. The quantitative estimate of drug-likeness (QED) is 0.942. The molecule has 1 aromatic heterocycles. The number of carbonyl (C=O) groups is 1. The fourth-order valence-corrected chi connectivity index (χ4v) is 2.61. The van der Waals surface area contributed by atoms with Gasteiger partial charge < -0.3 is 19.2 Å². The summed E-state index contributed by atoms with van der Waals surface area (Å²) >= 11 is 0. The lowest BCUT2D eigenvalue weighted by Gasteiger charge is -2.28. The molecule has 1 amide bonds. The Hall–Kier alpha value is -2.01. The van der Waals surface area contributed by atoms with Crippen LogP contribution in [0.15, 0.2) is 28.7 Å². The number of nitrogens with zero attached hydrogens (tertiary/aromatic N) is 1. The maximum absolute atomic E-state index is 12.4. The molecule has 0 saturated carbocycles. The number of piperidine rings is 1. The number of fused-ring (bicyclic) bond motifs is 1. The first-order valence-corrected chi connectivity index (χ1v) is 7.31. The summed E-state index contributed by atoms with van der Waals surface area (Å²) in [5.74, 6) is 0.997. The summed E-state index contributed by atoms with van der Waals surface area (Å²) in [7, 11) is 0. The van der Waals surface area contributed by atoms with Crippen LogP contribution in [0.4, 0.5) is 0 Å². The van der Waals surface area contributed by atoms with Crippen LogP contribution in [0.5, 0.6) is 5.75 Å². The summed E-state index contributed by atoms with van der Waals surface area (Å²) in [5, 5.41) is 10.4. The Morgan fingerprint density at radius 1 is 1.38 bits per heavy atom. The Kier molecular flexibility index (Phi) is 3.84. The van der Waals surface area contributed by atoms with E-state index in [-0.39, 0.29) is 12.0 Å². The number of ether oxygens (including phenoxy) is 1. The summed E-state index contributed by atoms with van der Waals surface area (Å²) in [5.41, 5.74) is 0.679. The zero-order chi connectivity index (χ0) is 14.8. The third-order valence-electron chi connectivity index (χ3n) is 3.76. The first-order chi connectivity index (χ1) is 10.2. The lowest BCUT2D eigenvalue weighted by Crippen LogP contribution is -2.39. The van der Waals surface area contributed by atoms with Gasteiger partial charge in [-0.2, -0.15) is 0 Å². The molecule has 21 heavy (non-hydrogen) atoms. The fraction of sp³-hybridized carbons (Fsp3) is 0.438. The molecule has 5 nitrogen and oxygen atoms in total. The van der Waals surface area contributed by atoms with Gasteiger partial charge in [-0.15, -0.1) is 0 Å². The minimum Gasteiger partial charge on any atom is -0.494 e. The first kappa shape index (κ1) is 13.9. The van der Waals surface area contributed by atoms with E-state index in [0.29, 0.717) is 43.9 Å². The number of amides is 1. The van der Waals surface area contributed by atoms with Gasteiger partial charge in [-0.05, 0) is 44.0 Å². The summed E-state index contributed by atoms with van der Waals surface area (Å²) in [6, 6.07) is 7.28. The van der Waals surface area contributed by atoms with Gasteiger partial charge in [0.1, 0.15) is 11.3 Å². The maximum atomic E-state index is 12.4. The average Bonchev–Trinajstić information content (AvgIpc) is 2.91. The van der Waals surface area contributed by atoms with E-state index in [0.717, 1.165) is 11.1 Å². The molecule has 1 aromatic carbocycles. The Morgan fingerprint density at radius 2 is 2.14 bits per heavy atom. The van der Waals surface area contributed by atoms with Gasteiger partial charge in [0.05, 0.1) is 12.7 Å². The maximum Gasteiger partial charge on any atom is 0.289 e. The number of rotatable bonds is 3. The monoisotopic (exact) mass is 289 g/mol. The van der Waals surface area contributed by atoms with Gasteiger partial charge in [0, 0.05) is 18.5 Å². The smallest absolute Gasteiger partial charge is 0.289 e. The lowest BCUT2D eigenvalue weighted by molar-refractivity contribution is 0.0522. The van der Waals surface area contributed by atoms with Crippen molar-refractivity contribution in [2.45, 2.75) is 25.9 Å². The molecule has 112 valence electrons. The molecule has 3 rings (SSSR count). The topological polar surface area (TPSA) is 62.9 Å². The zero-order valence-electron chi connectivity index (χ0n) is 12.0. The Bertz CT molecular complexity index is 641. The Labute approximate surface area is 123 Å². The van der Waals surface area contributed by atoms with Crippen molar-refractivity contribution in [2.24, 2.45) is 0 Å². The van der Waals surface area contributed by atoms with Crippen LogP contribution in [-0.4, -0.2) is 41.7 Å². The second-order valence-electron chi connectivity index (χ2n) is 5.27. The minimum atomic E-state index is -0.293. The fourth-order valence-electron chi connectivity index (χ4n) is 2.61. The highest BCUT2D eigenvalue weighted by Crippen LogP contribution is 2.25. The molecule has 0 spiro atoms. The van der Waals surface area contributed by atoms with Crippen molar-refractivity contribution < 1.29 is 19.1 Å². The van der Waals surface area contributed by atoms with Crippen LogP contribution >= 0.6 is 0 Å². The molecule has 0 bridgehead atoms. The molecule has 1 fully saturated rings. The predicted octanol–water partition coefficient (Wildman–Crippen LogP) is 2.43. The molecule has 0 aliphatic carbocycles. The van der Waals surface area contributed by atoms with Crippen molar-refractivity contribution in [1.29, 1.82) is 0 Å². The minimum absolute atomic E-state index is 0.115. The SMILES string of the molecule is CCOc1ccc2oc(C(=O)N3CCC(O)CC3)cc2c1. The molecule has 2 aromatic rings. The highest BCUT2D eigenvalue weighted by molar-refractivity contribution is 5.96. The number of likely N-dealkylation sites (tertiary alicyclic amines) is 1. The van der Waals surface area contributed by atoms with Gasteiger partial charge in [-0.25, -0.2) is 0 Å². The summed E-state index contributed by atoms with van der Waals surface area (Å²) in [6.07, 6.45) is 0.958. The number of hydrogen-bond acceptors (Lipinski definition) is 4. The molecule has 1 aliphatic rings. The third-order valence-corrected chi connectivity index (χ3v) is 3.76. The number of carbonyl (C=O) groups excluding carboxylic acids is 1. The van der Waals surface area contributed by atoms with Crippen molar-refractivity contribution in [2.75, 3.05) is 19.7 Å². The molecule has 5 heteroatoms. The molecule has 0 radical (unpaired) electrons. The van der Waals surface area contributed by atoms with Gasteiger partial charge >= 0.3 is 0 Å².